The molecule has 2 aliphatic rings. The third-order valence-corrected chi connectivity index (χ3v) is 9.38. The van der Waals surface area contributed by atoms with E-state index < -0.39 is 11.5 Å². The van der Waals surface area contributed by atoms with E-state index in [9.17, 15) is 14.7 Å². The molecule has 41 heavy (non-hydrogen) atoms. The van der Waals surface area contributed by atoms with Gasteiger partial charge in [0.2, 0.25) is 5.91 Å². The second-order valence-electron chi connectivity index (χ2n) is 12.3. The number of aromatic nitrogens is 1. The average molecular weight is 549 g/mol. The third kappa shape index (κ3) is 5.68. The fourth-order valence-corrected chi connectivity index (χ4v) is 7.10. The molecule has 4 aromatic rings. The Morgan fingerprint density at radius 3 is 2.00 bits per heavy atom. The highest BCUT2D eigenvalue weighted by molar-refractivity contribution is 5.90. The summed E-state index contributed by atoms with van der Waals surface area (Å²) < 4.78 is 0. The van der Waals surface area contributed by atoms with Crippen LogP contribution in [0.5, 0.6) is 0 Å². The van der Waals surface area contributed by atoms with Crippen molar-refractivity contribution >= 4 is 22.8 Å². The summed E-state index contributed by atoms with van der Waals surface area (Å²) in [7, 11) is 0. The van der Waals surface area contributed by atoms with Crippen molar-refractivity contribution in [2.24, 2.45) is 5.92 Å². The predicted octanol–water partition coefficient (Wildman–Crippen LogP) is 6.53. The summed E-state index contributed by atoms with van der Waals surface area (Å²) in [6, 6.07) is 20.9. The molecule has 3 N–H and O–H groups in total. The van der Waals surface area contributed by atoms with Gasteiger partial charge in [-0.3, -0.25) is 4.79 Å². The van der Waals surface area contributed by atoms with Gasteiger partial charge in [0.05, 0.1) is 0 Å². The standard InChI is InChI=1S/C36H40N2O3/c1-36(35(40)41,22-29-23-37-33-19-7-6-18-32(29)33)38-34(39)28(20-26-14-8-12-24-10-2-4-16-30(24)26)21-27-15-9-13-25-11-3-5-17-31(25)27/h6-9,12-15,18-19,23,28,37H,2-5,10-11,16-17,20-22H2,1H3,(H,38,39)(H,40,41). The fourth-order valence-electron chi connectivity index (χ4n) is 7.10. The smallest absolute Gasteiger partial charge is 0.329 e. The van der Waals surface area contributed by atoms with Crippen LogP contribution in [-0.2, 0) is 54.5 Å². The first-order valence-electron chi connectivity index (χ1n) is 15.2. The maximum Gasteiger partial charge on any atom is 0.329 e. The van der Waals surface area contributed by atoms with Crippen molar-refractivity contribution in [2.45, 2.75) is 83.1 Å². The third-order valence-electron chi connectivity index (χ3n) is 9.38. The van der Waals surface area contributed by atoms with E-state index in [1.807, 2.05) is 30.5 Å². The number of aryl methyl sites for hydroxylation is 2. The minimum Gasteiger partial charge on any atom is -0.480 e. The number of aromatic amines is 1. The van der Waals surface area contributed by atoms with Crippen molar-refractivity contribution < 1.29 is 14.7 Å². The van der Waals surface area contributed by atoms with Crippen molar-refractivity contribution in [3.8, 4) is 0 Å². The van der Waals surface area contributed by atoms with E-state index in [1.165, 1.54) is 59.1 Å². The predicted molar refractivity (Wildman–Crippen MR) is 163 cm³/mol. The van der Waals surface area contributed by atoms with Gasteiger partial charge >= 0.3 is 5.97 Å². The van der Waals surface area contributed by atoms with Crippen LogP contribution in [0.25, 0.3) is 10.9 Å². The van der Waals surface area contributed by atoms with Gasteiger partial charge < -0.3 is 15.4 Å². The van der Waals surface area contributed by atoms with E-state index in [0.29, 0.717) is 12.8 Å². The van der Waals surface area contributed by atoms with Gasteiger partial charge in [-0.1, -0.05) is 54.6 Å². The molecule has 3 aromatic carbocycles. The Hall–Kier alpha value is -3.86. The summed E-state index contributed by atoms with van der Waals surface area (Å²) in [5.74, 6) is -1.57. The number of rotatable bonds is 9. The molecule has 6 rings (SSSR count). The quantitative estimate of drug-likeness (QED) is 0.222. The summed E-state index contributed by atoms with van der Waals surface area (Å²) in [4.78, 5) is 30.2. The van der Waals surface area contributed by atoms with E-state index in [2.05, 4.69) is 46.7 Å². The van der Waals surface area contributed by atoms with E-state index in [0.717, 1.165) is 42.1 Å². The number of aliphatic carboxylic acids is 1. The molecule has 1 atom stereocenters. The van der Waals surface area contributed by atoms with Crippen LogP contribution in [0.3, 0.4) is 0 Å². The van der Waals surface area contributed by atoms with Crippen LogP contribution >= 0.6 is 0 Å². The van der Waals surface area contributed by atoms with Crippen LogP contribution in [-0.4, -0.2) is 27.5 Å². The normalized spacial score (nSPS) is 16.1. The lowest BCUT2D eigenvalue weighted by molar-refractivity contribution is -0.147. The Kier molecular flexibility index (Phi) is 7.70. The molecule has 2 aliphatic carbocycles. The molecule has 0 aliphatic heterocycles. The number of hydrogen-bond donors (Lipinski definition) is 3. The van der Waals surface area contributed by atoms with Crippen LogP contribution in [0.4, 0.5) is 0 Å². The number of carbonyl (C=O) groups excluding carboxylic acids is 1. The lowest BCUT2D eigenvalue weighted by Crippen LogP contribution is -2.55. The molecule has 0 saturated carbocycles. The topological polar surface area (TPSA) is 82.2 Å². The Morgan fingerprint density at radius 2 is 1.39 bits per heavy atom. The molecule has 1 aromatic heterocycles. The zero-order valence-corrected chi connectivity index (χ0v) is 24.0. The van der Waals surface area contributed by atoms with Gasteiger partial charge in [-0.05, 0) is 116 Å². The summed E-state index contributed by atoms with van der Waals surface area (Å²) in [5.41, 5.74) is 8.48. The van der Waals surface area contributed by atoms with Gasteiger partial charge in [-0.25, -0.2) is 4.79 Å². The second kappa shape index (κ2) is 11.6. The molecule has 1 heterocycles. The molecule has 0 spiro atoms. The first-order valence-corrected chi connectivity index (χ1v) is 15.2. The number of para-hydroxylation sites is 1. The van der Waals surface area contributed by atoms with Crippen LogP contribution in [0.2, 0.25) is 0 Å². The molecule has 1 amide bonds. The van der Waals surface area contributed by atoms with Crippen LogP contribution in [0.15, 0.2) is 66.9 Å². The van der Waals surface area contributed by atoms with Crippen molar-refractivity contribution in [2.75, 3.05) is 0 Å². The molecule has 5 heteroatoms. The number of amides is 1. The van der Waals surface area contributed by atoms with E-state index in [-0.39, 0.29) is 18.2 Å². The molecule has 0 bridgehead atoms. The molecular weight excluding hydrogens is 508 g/mol. The molecule has 1 unspecified atom stereocenters. The summed E-state index contributed by atoms with van der Waals surface area (Å²) in [6.45, 7) is 1.64. The average Bonchev–Trinajstić information content (AvgIpc) is 3.39. The van der Waals surface area contributed by atoms with Gasteiger partial charge in [-0.15, -0.1) is 0 Å². The SMILES string of the molecule is CC(Cc1c[nH]c2ccccc12)(NC(=O)C(Cc1cccc2c1CCCC2)Cc1cccc2c1CCCC2)C(=O)O. The minimum absolute atomic E-state index is 0.184. The Balaban J connectivity index is 1.32. The first-order chi connectivity index (χ1) is 19.9. The van der Waals surface area contributed by atoms with Crippen molar-refractivity contribution in [1.29, 1.82) is 0 Å². The Labute approximate surface area is 242 Å². The number of carbonyl (C=O) groups is 2. The first kappa shape index (κ1) is 27.3. The van der Waals surface area contributed by atoms with Crippen LogP contribution in [0, 0.1) is 5.92 Å². The lowest BCUT2D eigenvalue weighted by Gasteiger charge is -2.30. The molecule has 5 nitrogen and oxygen atoms in total. The maximum absolute atomic E-state index is 14.2. The highest BCUT2D eigenvalue weighted by atomic mass is 16.4. The van der Waals surface area contributed by atoms with E-state index in [4.69, 9.17) is 0 Å². The number of fused-ring (bicyclic) bond motifs is 3. The molecular formula is C36H40N2O3. The van der Waals surface area contributed by atoms with Gasteiger partial charge in [0, 0.05) is 29.4 Å². The second-order valence-corrected chi connectivity index (χ2v) is 12.3. The van der Waals surface area contributed by atoms with Crippen molar-refractivity contribution in [3.63, 3.8) is 0 Å². The molecule has 0 fully saturated rings. The largest absolute Gasteiger partial charge is 0.480 e. The summed E-state index contributed by atoms with van der Waals surface area (Å²) in [5, 5.41) is 14.4. The van der Waals surface area contributed by atoms with E-state index >= 15 is 0 Å². The number of H-pyrrole nitrogens is 1. The molecule has 212 valence electrons. The Bertz CT molecular complexity index is 1520. The fraction of sp³-hybridized carbons (Fsp3) is 0.389. The summed E-state index contributed by atoms with van der Waals surface area (Å²) >= 11 is 0. The number of benzene rings is 3. The number of hydrogen-bond acceptors (Lipinski definition) is 2. The molecule has 0 saturated heterocycles. The van der Waals surface area contributed by atoms with Crippen LogP contribution < -0.4 is 5.32 Å². The summed E-state index contributed by atoms with van der Waals surface area (Å²) in [6.07, 6.45) is 12.3. The van der Waals surface area contributed by atoms with Crippen molar-refractivity contribution in [3.05, 3.63) is 106 Å². The Morgan fingerprint density at radius 1 is 0.805 bits per heavy atom. The highest BCUT2D eigenvalue weighted by Gasteiger charge is 2.38. The zero-order chi connectivity index (χ0) is 28.4. The van der Waals surface area contributed by atoms with Gasteiger partial charge in [0.1, 0.15) is 5.54 Å². The van der Waals surface area contributed by atoms with Gasteiger partial charge in [-0.2, -0.15) is 0 Å². The number of nitrogens with one attached hydrogen (secondary N) is 2. The monoisotopic (exact) mass is 548 g/mol. The maximum atomic E-state index is 14.2. The zero-order valence-electron chi connectivity index (χ0n) is 24.0. The molecule has 0 radical (unpaired) electrons. The highest BCUT2D eigenvalue weighted by Crippen LogP contribution is 2.31. The van der Waals surface area contributed by atoms with Crippen molar-refractivity contribution in [1.82, 2.24) is 10.3 Å². The van der Waals surface area contributed by atoms with Crippen LogP contribution in [0.1, 0.15) is 71.6 Å². The lowest BCUT2D eigenvalue weighted by atomic mass is 9.81. The number of carboxylic acid groups (broad SMARTS) is 1. The van der Waals surface area contributed by atoms with Gasteiger partial charge in [0.25, 0.3) is 0 Å². The minimum atomic E-state index is -1.44. The number of carboxylic acids is 1. The van der Waals surface area contributed by atoms with E-state index in [1.54, 1.807) is 6.92 Å². The van der Waals surface area contributed by atoms with Gasteiger partial charge in [0.15, 0.2) is 0 Å².